The molecular formula is C14H17FN2O2S. The fourth-order valence-corrected chi connectivity index (χ4v) is 4.17. The minimum Gasteiger partial charge on any atom is -0.207 e. The second-order valence-electron chi connectivity index (χ2n) is 5.86. The Morgan fingerprint density at radius 2 is 2.10 bits per heavy atom. The summed E-state index contributed by atoms with van der Waals surface area (Å²) in [6.07, 6.45) is 1.78. The Bertz CT molecular complexity index is 662. The molecule has 2 rings (SSSR count). The molecule has 0 aliphatic carbocycles. The summed E-state index contributed by atoms with van der Waals surface area (Å²) >= 11 is 0. The van der Waals surface area contributed by atoms with Crippen molar-refractivity contribution < 1.29 is 12.8 Å². The highest BCUT2D eigenvalue weighted by Crippen LogP contribution is 2.32. The Morgan fingerprint density at radius 1 is 1.40 bits per heavy atom. The lowest BCUT2D eigenvalue weighted by atomic mass is 9.85. The third-order valence-corrected chi connectivity index (χ3v) is 5.40. The van der Waals surface area contributed by atoms with Crippen LogP contribution in [0.5, 0.6) is 0 Å². The van der Waals surface area contributed by atoms with Crippen molar-refractivity contribution in [2.45, 2.75) is 31.6 Å². The normalized spacial score (nSPS) is 19.5. The van der Waals surface area contributed by atoms with Crippen LogP contribution in [0, 0.1) is 22.6 Å². The van der Waals surface area contributed by atoms with Gasteiger partial charge in [-0.05, 0) is 36.5 Å². The quantitative estimate of drug-likeness (QED) is 0.842. The van der Waals surface area contributed by atoms with Crippen molar-refractivity contribution in [2.75, 3.05) is 13.1 Å². The smallest absolute Gasteiger partial charge is 0.207 e. The van der Waals surface area contributed by atoms with E-state index in [2.05, 4.69) is 0 Å². The highest BCUT2D eigenvalue weighted by Gasteiger charge is 2.34. The van der Waals surface area contributed by atoms with Crippen molar-refractivity contribution in [1.82, 2.24) is 4.31 Å². The zero-order valence-electron chi connectivity index (χ0n) is 11.6. The molecule has 0 aromatic heterocycles. The van der Waals surface area contributed by atoms with E-state index in [1.807, 2.05) is 13.8 Å². The van der Waals surface area contributed by atoms with Gasteiger partial charge in [-0.3, -0.25) is 0 Å². The van der Waals surface area contributed by atoms with Gasteiger partial charge < -0.3 is 0 Å². The molecule has 0 N–H and O–H groups in total. The molecule has 1 saturated heterocycles. The van der Waals surface area contributed by atoms with Gasteiger partial charge in [0.05, 0.1) is 10.5 Å². The average Bonchev–Trinajstić information content (AvgIpc) is 2.37. The van der Waals surface area contributed by atoms with Gasteiger partial charge in [0.1, 0.15) is 11.9 Å². The molecule has 1 fully saturated rings. The number of hydrogen-bond acceptors (Lipinski definition) is 3. The minimum atomic E-state index is -3.67. The van der Waals surface area contributed by atoms with Gasteiger partial charge >= 0.3 is 0 Å². The van der Waals surface area contributed by atoms with Crippen molar-refractivity contribution in [3.8, 4) is 6.07 Å². The predicted molar refractivity (Wildman–Crippen MR) is 72.9 cm³/mol. The number of hydrogen-bond donors (Lipinski definition) is 0. The number of benzene rings is 1. The molecule has 0 saturated carbocycles. The van der Waals surface area contributed by atoms with Gasteiger partial charge in [-0.15, -0.1) is 0 Å². The van der Waals surface area contributed by atoms with E-state index < -0.39 is 15.8 Å². The van der Waals surface area contributed by atoms with E-state index in [1.54, 1.807) is 6.07 Å². The zero-order chi connectivity index (χ0) is 15.0. The molecule has 0 amide bonds. The molecule has 108 valence electrons. The molecule has 1 aromatic rings. The van der Waals surface area contributed by atoms with Gasteiger partial charge in [-0.2, -0.15) is 9.57 Å². The summed E-state index contributed by atoms with van der Waals surface area (Å²) in [5.41, 5.74) is -0.314. The lowest BCUT2D eigenvalue weighted by molar-refractivity contribution is 0.187. The van der Waals surface area contributed by atoms with Gasteiger partial charge in [0.15, 0.2) is 0 Å². The molecule has 0 radical (unpaired) electrons. The Morgan fingerprint density at radius 3 is 2.70 bits per heavy atom. The van der Waals surface area contributed by atoms with Crippen LogP contribution in [0.15, 0.2) is 23.1 Å². The summed E-state index contributed by atoms with van der Waals surface area (Å²) in [5.74, 6) is -0.703. The fourth-order valence-electron chi connectivity index (χ4n) is 2.47. The third-order valence-electron chi connectivity index (χ3n) is 3.56. The molecule has 1 aliphatic rings. The largest absolute Gasteiger partial charge is 0.243 e. The van der Waals surface area contributed by atoms with Gasteiger partial charge in [0, 0.05) is 13.1 Å². The van der Waals surface area contributed by atoms with Crippen LogP contribution >= 0.6 is 0 Å². The lowest BCUT2D eigenvalue weighted by Gasteiger charge is -2.37. The first kappa shape index (κ1) is 14.9. The molecule has 0 spiro atoms. The van der Waals surface area contributed by atoms with Crippen molar-refractivity contribution in [3.63, 3.8) is 0 Å². The fraction of sp³-hybridized carbons (Fsp3) is 0.500. The van der Waals surface area contributed by atoms with Crippen LogP contribution in [-0.4, -0.2) is 25.8 Å². The van der Waals surface area contributed by atoms with Crippen LogP contribution in [0.3, 0.4) is 0 Å². The molecule has 0 unspecified atom stereocenters. The minimum absolute atomic E-state index is 0.0202. The molecule has 1 aliphatic heterocycles. The Labute approximate surface area is 118 Å². The van der Waals surface area contributed by atoms with E-state index in [0.29, 0.717) is 13.1 Å². The summed E-state index contributed by atoms with van der Waals surface area (Å²) in [4.78, 5) is -0.0202. The maximum Gasteiger partial charge on any atom is 0.243 e. The number of piperidine rings is 1. The number of halogens is 1. The summed E-state index contributed by atoms with van der Waals surface area (Å²) in [5, 5.41) is 8.80. The summed E-state index contributed by atoms with van der Waals surface area (Å²) < 4.78 is 39.8. The van der Waals surface area contributed by atoms with Crippen molar-refractivity contribution >= 4 is 10.0 Å². The molecule has 0 atom stereocenters. The van der Waals surface area contributed by atoms with Crippen LogP contribution in [0.4, 0.5) is 4.39 Å². The molecule has 0 bridgehead atoms. The van der Waals surface area contributed by atoms with E-state index >= 15 is 0 Å². The Hall–Kier alpha value is -1.45. The van der Waals surface area contributed by atoms with E-state index in [1.165, 1.54) is 10.4 Å². The first-order chi connectivity index (χ1) is 9.26. The Balaban J connectivity index is 2.38. The summed E-state index contributed by atoms with van der Waals surface area (Å²) in [6.45, 7) is 4.96. The van der Waals surface area contributed by atoms with E-state index in [0.717, 1.165) is 25.0 Å². The van der Waals surface area contributed by atoms with Gasteiger partial charge in [0.25, 0.3) is 0 Å². The maximum absolute atomic E-state index is 13.3. The number of nitriles is 1. The standard InChI is InChI=1S/C14H17FN2O2S/c1-14(2)6-3-7-17(10-14)20(18,19)12-4-5-13(15)11(8-12)9-16/h4-5,8H,3,6-7,10H2,1-2H3. The van der Waals surface area contributed by atoms with Gasteiger partial charge in [0.2, 0.25) is 10.0 Å². The second-order valence-corrected chi connectivity index (χ2v) is 7.80. The second kappa shape index (κ2) is 5.15. The number of nitrogens with zero attached hydrogens (tertiary/aromatic N) is 2. The molecule has 20 heavy (non-hydrogen) atoms. The first-order valence-electron chi connectivity index (χ1n) is 6.46. The first-order valence-corrected chi connectivity index (χ1v) is 7.90. The lowest BCUT2D eigenvalue weighted by Crippen LogP contribution is -2.43. The molecule has 6 heteroatoms. The van der Waals surface area contributed by atoms with E-state index in [4.69, 9.17) is 5.26 Å². The summed E-state index contributed by atoms with van der Waals surface area (Å²) in [7, 11) is -3.67. The molecule has 1 heterocycles. The maximum atomic E-state index is 13.3. The van der Waals surface area contributed by atoms with Crippen LogP contribution in [0.1, 0.15) is 32.3 Å². The topological polar surface area (TPSA) is 61.2 Å². The van der Waals surface area contributed by atoms with Crippen molar-refractivity contribution in [2.24, 2.45) is 5.41 Å². The molecule has 4 nitrogen and oxygen atoms in total. The van der Waals surface area contributed by atoms with Gasteiger partial charge in [-0.25, -0.2) is 12.8 Å². The predicted octanol–water partition coefficient (Wildman–Crippen LogP) is 2.51. The van der Waals surface area contributed by atoms with Crippen LogP contribution in [0.2, 0.25) is 0 Å². The van der Waals surface area contributed by atoms with Crippen LogP contribution < -0.4 is 0 Å². The van der Waals surface area contributed by atoms with Crippen LogP contribution in [0.25, 0.3) is 0 Å². The SMILES string of the molecule is CC1(C)CCCN(S(=O)(=O)c2ccc(F)c(C#N)c2)C1. The van der Waals surface area contributed by atoms with Gasteiger partial charge in [-0.1, -0.05) is 13.8 Å². The Kier molecular flexibility index (Phi) is 3.85. The summed E-state index contributed by atoms with van der Waals surface area (Å²) in [6, 6.07) is 5.02. The highest BCUT2D eigenvalue weighted by molar-refractivity contribution is 7.89. The molecule has 1 aromatic carbocycles. The third kappa shape index (κ3) is 2.84. The zero-order valence-corrected chi connectivity index (χ0v) is 12.4. The van der Waals surface area contributed by atoms with E-state index in [-0.39, 0.29) is 15.9 Å². The molecular weight excluding hydrogens is 279 g/mol. The van der Waals surface area contributed by atoms with Crippen LogP contribution in [-0.2, 0) is 10.0 Å². The highest BCUT2D eigenvalue weighted by atomic mass is 32.2. The number of sulfonamides is 1. The van der Waals surface area contributed by atoms with Crippen molar-refractivity contribution in [1.29, 1.82) is 5.26 Å². The monoisotopic (exact) mass is 296 g/mol. The van der Waals surface area contributed by atoms with E-state index in [9.17, 15) is 12.8 Å². The average molecular weight is 296 g/mol. The number of rotatable bonds is 2. The van der Waals surface area contributed by atoms with Crippen molar-refractivity contribution in [3.05, 3.63) is 29.6 Å².